The van der Waals surface area contributed by atoms with Crippen LogP contribution in [0.4, 0.5) is 11.4 Å². The topological polar surface area (TPSA) is 18.5 Å². The van der Waals surface area contributed by atoms with Crippen molar-refractivity contribution >= 4 is 11.4 Å². The number of nitrogens with zero attached hydrogens (tertiary/aromatic N) is 2. The van der Waals surface area contributed by atoms with Crippen molar-refractivity contribution in [3.05, 3.63) is 24.3 Å². The summed E-state index contributed by atoms with van der Waals surface area (Å²) >= 11 is 0. The van der Waals surface area contributed by atoms with Gasteiger partial charge in [-0.1, -0.05) is 6.92 Å². The van der Waals surface area contributed by atoms with Crippen LogP contribution in [-0.4, -0.2) is 39.3 Å². The van der Waals surface area contributed by atoms with Gasteiger partial charge in [-0.3, -0.25) is 0 Å². The van der Waals surface area contributed by atoms with Crippen molar-refractivity contribution < 1.29 is 0 Å². The normalized spacial score (nSPS) is 22.8. The minimum atomic E-state index is 0.812. The van der Waals surface area contributed by atoms with Gasteiger partial charge in [-0.15, -0.1) is 0 Å². The Labute approximate surface area is 129 Å². The van der Waals surface area contributed by atoms with E-state index in [0.29, 0.717) is 0 Å². The summed E-state index contributed by atoms with van der Waals surface area (Å²) in [6.45, 7) is 9.31. The van der Waals surface area contributed by atoms with Crippen LogP contribution in [0.25, 0.3) is 0 Å². The molecule has 1 N–H and O–H groups in total. The summed E-state index contributed by atoms with van der Waals surface area (Å²) in [6.07, 6.45) is 5.41. The molecule has 0 spiro atoms. The van der Waals surface area contributed by atoms with E-state index in [1.807, 2.05) is 0 Å². The van der Waals surface area contributed by atoms with Crippen LogP contribution in [-0.2, 0) is 0 Å². The first-order valence-corrected chi connectivity index (χ1v) is 8.67. The van der Waals surface area contributed by atoms with Gasteiger partial charge in [-0.25, -0.2) is 0 Å². The molecule has 3 rings (SSSR count). The second kappa shape index (κ2) is 7.17. The number of nitrogens with one attached hydrogen (secondary N) is 1. The summed E-state index contributed by atoms with van der Waals surface area (Å²) in [5.41, 5.74) is 2.80. The standard InChI is InChI=1S/C18H29N3/c1-2-19-14-16-10-13-21(15-16)18-8-6-17(7-9-18)20-11-4-3-5-12-20/h6-9,16,19H,2-5,10-15H2,1H3. The van der Waals surface area contributed by atoms with E-state index in [4.69, 9.17) is 0 Å². The zero-order chi connectivity index (χ0) is 14.5. The van der Waals surface area contributed by atoms with Crippen LogP contribution in [0.2, 0.25) is 0 Å². The molecule has 2 fully saturated rings. The summed E-state index contributed by atoms with van der Waals surface area (Å²) in [5, 5.41) is 3.48. The van der Waals surface area contributed by atoms with Crippen molar-refractivity contribution in [2.75, 3.05) is 49.1 Å². The fourth-order valence-electron chi connectivity index (χ4n) is 3.61. The molecule has 1 unspecified atom stereocenters. The Kier molecular flexibility index (Phi) is 5.02. The molecule has 1 atom stereocenters. The van der Waals surface area contributed by atoms with Crippen molar-refractivity contribution in [1.82, 2.24) is 5.32 Å². The Morgan fingerprint density at radius 1 is 0.952 bits per heavy atom. The molecule has 3 heteroatoms. The molecule has 0 bridgehead atoms. The average molecular weight is 287 g/mol. The molecule has 1 aromatic rings. The summed E-state index contributed by atoms with van der Waals surface area (Å²) in [4.78, 5) is 5.08. The van der Waals surface area contributed by atoms with Crippen LogP contribution < -0.4 is 15.1 Å². The van der Waals surface area contributed by atoms with Gasteiger partial charge in [0, 0.05) is 37.6 Å². The van der Waals surface area contributed by atoms with Crippen LogP contribution in [0.3, 0.4) is 0 Å². The first-order chi connectivity index (χ1) is 10.4. The smallest absolute Gasteiger partial charge is 0.0367 e. The van der Waals surface area contributed by atoms with Crippen LogP contribution in [0.1, 0.15) is 32.6 Å². The highest BCUT2D eigenvalue weighted by molar-refractivity contribution is 5.57. The van der Waals surface area contributed by atoms with Crippen molar-refractivity contribution in [3.63, 3.8) is 0 Å². The van der Waals surface area contributed by atoms with E-state index in [9.17, 15) is 0 Å². The molecule has 0 amide bonds. The predicted octanol–water partition coefficient (Wildman–Crippen LogP) is 3.11. The summed E-state index contributed by atoms with van der Waals surface area (Å²) in [6, 6.07) is 9.27. The Morgan fingerprint density at radius 2 is 1.62 bits per heavy atom. The lowest BCUT2D eigenvalue weighted by molar-refractivity contribution is 0.528. The zero-order valence-corrected chi connectivity index (χ0v) is 13.4. The zero-order valence-electron chi connectivity index (χ0n) is 13.4. The van der Waals surface area contributed by atoms with Gasteiger partial charge >= 0.3 is 0 Å². The van der Waals surface area contributed by atoms with Gasteiger partial charge in [-0.05, 0) is 69.0 Å². The van der Waals surface area contributed by atoms with Crippen LogP contribution in [0.5, 0.6) is 0 Å². The van der Waals surface area contributed by atoms with E-state index < -0.39 is 0 Å². The third-order valence-corrected chi connectivity index (χ3v) is 4.90. The Hall–Kier alpha value is -1.22. The van der Waals surface area contributed by atoms with Gasteiger partial charge in [0.2, 0.25) is 0 Å². The summed E-state index contributed by atoms with van der Waals surface area (Å²) in [5.74, 6) is 0.812. The van der Waals surface area contributed by atoms with Crippen LogP contribution in [0, 0.1) is 5.92 Å². The molecule has 0 aliphatic carbocycles. The van der Waals surface area contributed by atoms with Crippen molar-refractivity contribution in [2.45, 2.75) is 32.6 Å². The molecular formula is C18H29N3. The van der Waals surface area contributed by atoms with Crippen molar-refractivity contribution in [1.29, 1.82) is 0 Å². The average Bonchev–Trinajstić information content (AvgIpc) is 3.03. The highest BCUT2D eigenvalue weighted by atomic mass is 15.2. The molecule has 2 aliphatic heterocycles. The van der Waals surface area contributed by atoms with E-state index in [2.05, 4.69) is 46.3 Å². The maximum absolute atomic E-state index is 3.48. The van der Waals surface area contributed by atoms with Gasteiger partial charge in [0.25, 0.3) is 0 Å². The molecule has 2 saturated heterocycles. The highest BCUT2D eigenvalue weighted by Gasteiger charge is 2.22. The fourth-order valence-corrected chi connectivity index (χ4v) is 3.61. The molecule has 21 heavy (non-hydrogen) atoms. The number of hydrogen-bond donors (Lipinski definition) is 1. The van der Waals surface area contributed by atoms with Gasteiger partial charge in [0.15, 0.2) is 0 Å². The second-order valence-electron chi connectivity index (χ2n) is 6.47. The molecule has 1 aromatic carbocycles. The van der Waals surface area contributed by atoms with Gasteiger partial charge in [0.1, 0.15) is 0 Å². The lowest BCUT2D eigenvalue weighted by atomic mass is 10.1. The number of hydrogen-bond acceptors (Lipinski definition) is 3. The summed E-state index contributed by atoms with van der Waals surface area (Å²) in [7, 11) is 0. The minimum Gasteiger partial charge on any atom is -0.372 e. The van der Waals surface area contributed by atoms with E-state index in [1.54, 1.807) is 0 Å². The number of rotatable bonds is 5. The Morgan fingerprint density at radius 3 is 2.29 bits per heavy atom. The number of benzene rings is 1. The maximum Gasteiger partial charge on any atom is 0.0367 e. The number of piperidine rings is 1. The highest BCUT2D eigenvalue weighted by Crippen LogP contribution is 2.27. The third-order valence-electron chi connectivity index (χ3n) is 4.90. The van der Waals surface area contributed by atoms with Gasteiger partial charge < -0.3 is 15.1 Å². The quantitative estimate of drug-likeness (QED) is 0.897. The maximum atomic E-state index is 3.48. The van der Waals surface area contributed by atoms with E-state index in [-0.39, 0.29) is 0 Å². The first kappa shape index (κ1) is 14.7. The minimum absolute atomic E-state index is 0.812. The van der Waals surface area contributed by atoms with E-state index >= 15 is 0 Å². The van der Waals surface area contributed by atoms with Gasteiger partial charge in [0.05, 0.1) is 0 Å². The van der Waals surface area contributed by atoms with E-state index in [0.717, 1.165) is 12.5 Å². The Balaban J connectivity index is 1.57. The molecular weight excluding hydrogens is 258 g/mol. The van der Waals surface area contributed by atoms with Crippen LogP contribution >= 0.6 is 0 Å². The summed E-state index contributed by atoms with van der Waals surface area (Å²) < 4.78 is 0. The molecule has 2 heterocycles. The second-order valence-corrected chi connectivity index (χ2v) is 6.47. The molecule has 3 nitrogen and oxygen atoms in total. The first-order valence-electron chi connectivity index (χ1n) is 8.67. The largest absolute Gasteiger partial charge is 0.372 e. The van der Waals surface area contributed by atoms with E-state index in [1.165, 1.54) is 69.8 Å². The van der Waals surface area contributed by atoms with Gasteiger partial charge in [-0.2, -0.15) is 0 Å². The molecule has 0 radical (unpaired) electrons. The monoisotopic (exact) mass is 287 g/mol. The molecule has 0 aromatic heterocycles. The van der Waals surface area contributed by atoms with Crippen molar-refractivity contribution in [3.8, 4) is 0 Å². The SMILES string of the molecule is CCNCC1CCN(c2ccc(N3CCCCC3)cc2)C1. The lowest BCUT2D eigenvalue weighted by Crippen LogP contribution is -2.29. The number of anilines is 2. The fraction of sp³-hybridized carbons (Fsp3) is 0.667. The predicted molar refractivity (Wildman–Crippen MR) is 91.4 cm³/mol. The van der Waals surface area contributed by atoms with Crippen molar-refractivity contribution in [2.24, 2.45) is 5.92 Å². The molecule has 116 valence electrons. The third kappa shape index (κ3) is 3.70. The Bertz CT molecular complexity index is 423. The van der Waals surface area contributed by atoms with Crippen LogP contribution in [0.15, 0.2) is 24.3 Å². The molecule has 0 saturated carbocycles. The molecule has 2 aliphatic rings. The lowest BCUT2D eigenvalue weighted by Gasteiger charge is -2.29.